The Morgan fingerprint density at radius 1 is 0.944 bits per heavy atom. The van der Waals surface area contributed by atoms with Crippen molar-refractivity contribution >= 4 is 20.9 Å². The van der Waals surface area contributed by atoms with E-state index in [0.717, 1.165) is 6.07 Å². The highest BCUT2D eigenvalue weighted by Crippen LogP contribution is 2.29. The first kappa shape index (κ1) is 12.8. The van der Waals surface area contributed by atoms with Crippen LogP contribution in [0.1, 0.15) is 0 Å². The molecular formula is C11H7F3O3S. The van der Waals surface area contributed by atoms with Gasteiger partial charge in [-0.25, -0.2) is 0 Å². The number of halogens is 3. The zero-order chi connectivity index (χ0) is 13.4. The van der Waals surface area contributed by atoms with Crippen molar-refractivity contribution in [2.75, 3.05) is 0 Å². The van der Waals surface area contributed by atoms with Crippen LogP contribution in [-0.2, 0) is 14.3 Å². The van der Waals surface area contributed by atoms with Gasteiger partial charge in [0, 0.05) is 5.39 Å². The predicted molar refractivity (Wildman–Crippen MR) is 58.3 cm³/mol. The molecule has 2 rings (SSSR count). The third kappa shape index (κ3) is 2.62. The molecule has 0 aromatic heterocycles. The average Bonchev–Trinajstić information content (AvgIpc) is 2.25. The van der Waals surface area contributed by atoms with Crippen molar-refractivity contribution in [3.05, 3.63) is 42.5 Å². The van der Waals surface area contributed by atoms with E-state index < -0.39 is 21.4 Å². The molecule has 0 aliphatic rings. The third-order valence-electron chi connectivity index (χ3n) is 2.22. The summed E-state index contributed by atoms with van der Waals surface area (Å²) < 4.78 is 62.3. The fraction of sp³-hybridized carbons (Fsp3) is 0.0909. The first-order chi connectivity index (χ1) is 8.30. The Balaban J connectivity index is 2.61. The Bertz CT molecular complexity index is 672. The summed E-state index contributed by atoms with van der Waals surface area (Å²) in [5.41, 5.74) is 0. The van der Waals surface area contributed by atoms with E-state index in [1.165, 1.54) is 18.2 Å². The quantitative estimate of drug-likeness (QED) is 0.792. The topological polar surface area (TPSA) is 43.4 Å². The summed E-state index contributed by atoms with van der Waals surface area (Å²) in [6.45, 7) is 0. The molecule has 2 aromatic rings. The Labute approximate surface area is 101 Å². The number of hydrogen-bond acceptors (Lipinski definition) is 3. The highest BCUT2D eigenvalue weighted by molar-refractivity contribution is 7.87. The fourth-order valence-corrected chi connectivity index (χ4v) is 2.62. The Kier molecular flexibility index (Phi) is 3.04. The van der Waals surface area contributed by atoms with Crippen LogP contribution in [-0.4, -0.2) is 14.8 Å². The molecule has 96 valence electrons. The predicted octanol–water partition coefficient (Wildman–Crippen LogP) is 3.06. The van der Waals surface area contributed by atoms with Crippen LogP contribution < -0.4 is 0 Å². The van der Waals surface area contributed by atoms with Crippen LogP contribution in [0.15, 0.2) is 47.4 Å². The molecule has 0 radical (unpaired) electrons. The van der Waals surface area contributed by atoms with Crippen LogP contribution in [0.25, 0.3) is 10.8 Å². The van der Waals surface area contributed by atoms with E-state index in [1.807, 2.05) is 0 Å². The lowest BCUT2D eigenvalue weighted by Gasteiger charge is -2.09. The summed E-state index contributed by atoms with van der Waals surface area (Å²) in [6.07, 6.45) is -5.24. The molecule has 2 aromatic carbocycles. The maximum atomic E-state index is 12.0. The van der Waals surface area contributed by atoms with Gasteiger partial charge in [0.05, 0.1) is 0 Å². The SMILES string of the molecule is O=S(=O)(OC(F)(F)F)c1cccc2ccccc12. The highest BCUT2D eigenvalue weighted by Gasteiger charge is 2.38. The number of alkyl halides is 3. The van der Waals surface area contributed by atoms with Crippen LogP contribution in [0.3, 0.4) is 0 Å². The Morgan fingerprint density at radius 2 is 1.56 bits per heavy atom. The van der Waals surface area contributed by atoms with Crippen molar-refractivity contribution in [3.8, 4) is 0 Å². The van der Waals surface area contributed by atoms with Crippen LogP contribution in [0, 0.1) is 0 Å². The number of fused-ring (bicyclic) bond motifs is 1. The average molecular weight is 276 g/mol. The zero-order valence-corrected chi connectivity index (χ0v) is 9.62. The van der Waals surface area contributed by atoms with Gasteiger partial charge >= 0.3 is 16.5 Å². The van der Waals surface area contributed by atoms with E-state index in [2.05, 4.69) is 4.18 Å². The summed E-state index contributed by atoms with van der Waals surface area (Å²) in [7, 11) is -4.87. The van der Waals surface area contributed by atoms with Crippen LogP contribution in [0.2, 0.25) is 0 Å². The zero-order valence-electron chi connectivity index (χ0n) is 8.81. The van der Waals surface area contributed by atoms with Crippen LogP contribution in [0.5, 0.6) is 0 Å². The van der Waals surface area contributed by atoms with E-state index >= 15 is 0 Å². The normalized spacial score (nSPS) is 12.8. The van der Waals surface area contributed by atoms with E-state index in [0.29, 0.717) is 5.39 Å². The summed E-state index contributed by atoms with van der Waals surface area (Å²) in [4.78, 5) is -0.502. The van der Waals surface area contributed by atoms with E-state index in [-0.39, 0.29) is 5.39 Å². The monoisotopic (exact) mass is 276 g/mol. The molecule has 0 N–H and O–H groups in total. The molecule has 0 unspecified atom stereocenters. The molecule has 18 heavy (non-hydrogen) atoms. The molecule has 0 spiro atoms. The highest BCUT2D eigenvalue weighted by atomic mass is 32.2. The van der Waals surface area contributed by atoms with Crippen molar-refractivity contribution in [3.63, 3.8) is 0 Å². The van der Waals surface area contributed by atoms with Crippen molar-refractivity contribution in [2.24, 2.45) is 0 Å². The molecule has 0 atom stereocenters. The van der Waals surface area contributed by atoms with Gasteiger partial charge < -0.3 is 0 Å². The van der Waals surface area contributed by atoms with E-state index in [9.17, 15) is 21.6 Å². The van der Waals surface area contributed by atoms with Crippen molar-refractivity contribution in [1.29, 1.82) is 0 Å². The molecule has 0 saturated carbocycles. The summed E-state index contributed by atoms with van der Waals surface area (Å²) >= 11 is 0. The number of rotatable bonds is 2. The van der Waals surface area contributed by atoms with Gasteiger partial charge in [-0.2, -0.15) is 12.6 Å². The van der Waals surface area contributed by atoms with E-state index in [4.69, 9.17) is 0 Å². The van der Waals surface area contributed by atoms with Crippen molar-refractivity contribution < 1.29 is 25.8 Å². The lowest BCUT2D eigenvalue weighted by atomic mass is 10.1. The van der Waals surface area contributed by atoms with Crippen LogP contribution >= 0.6 is 0 Å². The maximum absolute atomic E-state index is 12.0. The first-order valence-electron chi connectivity index (χ1n) is 4.80. The Hall–Kier alpha value is -1.60. The minimum Gasteiger partial charge on any atom is -0.194 e. The maximum Gasteiger partial charge on any atom is 0.537 e. The smallest absolute Gasteiger partial charge is 0.194 e. The largest absolute Gasteiger partial charge is 0.537 e. The van der Waals surface area contributed by atoms with Crippen molar-refractivity contribution in [1.82, 2.24) is 0 Å². The molecule has 0 aliphatic heterocycles. The fourth-order valence-electron chi connectivity index (χ4n) is 1.58. The third-order valence-corrected chi connectivity index (χ3v) is 3.53. The van der Waals surface area contributed by atoms with Gasteiger partial charge in [-0.05, 0) is 11.5 Å². The first-order valence-corrected chi connectivity index (χ1v) is 6.20. The standard InChI is InChI=1S/C11H7F3O3S/c12-11(13,14)17-18(15,16)10-7-3-5-8-4-1-2-6-9(8)10/h1-7H. The van der Waals surface area contributed by atoms with Gasteiger partial charge in [0.15, 0.2) is 0 Å². The number of hydrogen-bond donors (Lipinski definition) is 0. The Morgan fingerprint density at radius 3 is 2.22 bits per heavy atom. The minimum absolute atomic E-state index is 0.184. The molecule has 0 aliphatic carbocycles. The molecule has 0 amide bonds. The summed E-state index contributed by atoms with van der Waals surface area (Å²) in [5, 5.41) is 0.702. The lowest BCUT2D eigenvalue weighted by molar-refractivity contribution is -0.271. The minimum atomic E-state index is -5.24. The second kappa shape index (κ2) is 4.25. The van der Waals surface area contributed by atoms with Gasteiger partial charge in [-0.1, -0.05) is 36.4 Å². The second-order valence-electron chi connectivity index (χ2n) is 3.46. The molecule has 0 saturated heterocycles. The number of benzene rings is 2. The van der Waals surface area contributed by atoms with Gasteiger partial charge in [0.2, 0.25) is 0 Å². The molecule has 0 fully saturated rings. The van der Waals surface area contributed by atoms with Gasteiger partial charge in [0.1, 0.15) is 4.90 Å². The van der Waals surface area contributed by atoms with Gasteiger partial charge in [0.25, 0.3) is 0 Å². The van der Waals surface area contributed by atoms with Gasteiger partial charge in [-0.15, -0.1) is 13.2 Å². The lowest BCUT2D eigenvalue weighted by Crippen LogP contribution is -2.20. The summed E-state index contributed by atoms with van der Waals surface area (Å²) in [5.74, 6) is 0. The van der Waals surface area contributed by atoms with Gasteiger partial charge in [-0.3, -0.25) is 0 Å². The summed E-state index contributed by atoms with van der Waals surface area (Å²) in [6, 6.07) is 10.2. The van der Waals surface area contributed by atoms with Crippen LogP contribution in [0.4, 0.5) is 13.2 Å². The van der Waals surface area contributed by atoms with Crippen molar-refractivity contribution in [2.45, 2.75) is 11.3 Å². The molecule has 0 bridgehead atoms. The molecule has 3 nitrogen and oxygen atoms in total. The molecule has 7 heteroatoms. The molecule has 0 heterocycles. The molecular weight excluding hydrogens is 269 g/mol. The van der Waals surface area contributed by atoms with E-state index in [1.54, 1.807) is 18.2 Å². The second-order valence-corrected chi connectivity index (χ2v) is 4.98.